The first-order valence-corrected chi connectivity index (χ1v) is 7.81. The molecule has 94 valence electrons. The second-order valence-corrected chi connectivity index (χ2v) is 5.69. The van der Waals surface area contributed by atoms with E-state index in [0.29, 0.717) is 6.04 Å². The molecule has 1 aliphatic rings. The summed E-state index contributed by atoms with van der Waals surface area (Å²) in [7, 11) is 0. The molecule has 0 saturated heterocycles. The zero-order valence-electron chi connectivity index (χ0n) is 10.5. The van der Waals surface area contributed by atoms with E-state index in [0.717, 1.165) is 12.2 Å². The van der Waals surface area contributed by atoms with E-state index in [1.165, 1.54) is 42.6 Å². The second kappa shape index (κ2) is 6.31. The highest BCUT2D eigenvalue weighted by molar-refractivity contribution is 7.98. The quantitative estimate of drug-likeness (QED) is 0.602. The van der Waals surface area contributed by atoms with Crippen molar-refractivity contribution in [3.05, 3.63) is 29.3 Å². The fourth-order valence-corrected chi connectivity index (χ4v) is 2.99. The topological polar surface area (TPSA) is 38.0 Å². The minimum atomic E-state index is 0.555. The van der Waals surface area contributed by atoms with Gasteiger partial charge >= 0.3 is 0 Å². The van der Waals surface area contributed by atoms with Gasteiger partial charge in [0.05, 0.1) is 0 Å². The molecule has 0 amide bonds. The van der Waals surface area contributed by atoms with Crippen molar-refractivity contribution in [3.8, 4) is 0 Å². The smallest absolute Gasteiger partial charge is 0.0326 e. The van der Waals surface area contributed by atoms with Crippen molar-refractivity contribution >= 4 is 17.4 Å². The molecular formula is C14H22N2S. The minimum absolute atomic E-state index is 0.555. The molecule has 2 nitrogen and oxygen atoms in total. The summed E-state index contributed by atoms with van der Waals surface area (Å²) in [6.07, 6.45) is 7.16. The molecule has 1 atom stereocenters. The number of nitrogens with two attached hydrogens (primary N) is 1. The van der Waals surface area contributed by atoms with Crippen LogP contribution in [0.1, 0.15) is 36.4 Å². The number of benzene rings is 1. The largest absolute Gasteiger partial charge is 0.399 e. The van der Waals surface area contributed by atoms with Gasteiger partial charge in [-0.1, -0.05) is 6.07 Å². The van der Waals surface area contributed by atoms with Gasteiger partial charge in [0.1, 0.15) is 0 Å². The number of thioether (sulfide) groups is 1. The molecule has 0 aliphatic heterocycles. The molecule has 0 saturated carbocycles. The number of rotatable bonds is 6. The van der Waals surface area contributed by atoms with Crippen molar-refractivity contribution in [1.29, 1.82) is 0 Å². The molecule has 0 fully saturated rings. The highest BCUT2D eigenvalue weighted by Gasteiger charge is 2.21. The van der Waals surface area contributed by atoms with E-state index in [1.807, 2.05) is 17.8 Å². The zero-order chi connectivity index (χ0) is 12.1. The molecule has 0 heterocycles. The lowest BCUT2D eigenvalue weighted by atomic mass is 10.1. The molecule has 3 heteroatoms. The first-order valence-electron chi connectivity index (χ1n) is 6.42. The van der Waals surface area contributed by atoms with Crippen molar-refractivity contribution in [3.63, 3.8) is 0 Å². The highest BCUT2D eigenvalue weighted by atomic mass is 32.2. The van der Waals surface area contributed by atoms with Crippen LogP contribution in [0, 0.1) is 0 Å². The number of anilines is 1. The number of hydrogen-bond donors (Lipinski definition) is 2. The Morgan fingerprint density at radius 1 is 1.41 bits per heavy atom. The van der Waals surface area contributed by atoms with E-state index in [2.05, 4.69) is 23.7 Å². The fraction of sp³-hybridized carbons (Fsp3) is 0.571. The van der Waals surface area contributed by atoms with Gasteiger partial charge < -0.3 is 11.1 Å². The summed E-state index contributed by atoms with van der Waals surface area (Å²) in [6, 6.07) is 6.90. The number of unbranched alkanes of at least 4 members (excludes halogenated alkanes) is 1. The summed E-state index contributed by atoms with van der Waals surface area (Å²) >= 11 is 1.93. The first-order chi connectivity index (χ1) is 8.31. The average Bonchev–Trinajstić information content (AvgIpc) is 2.71. The fourth-order valence-electron chi connectivity index (χ4n) is 2.50. The molecule has 3 N–H and O–H groups in total. The van der Waals surface area contributed by atoms with Crippen molar-refractivity contribution < 1.29 is 0 Å². The van der Waals surface area contributed by atoms with Crippen LogP contribution in [0.15, 0.2) is 18.2 Å². The summed E-state index contributed by atoms with van der Waals surface area (Å²) < 4.78 is 0. The van der Waals surface area contributed by atoms with Crippen LogP contribution in [-0.2, 0) is 6.42 Å². The van der Waals surface area contributed by atoms with Gasteiger partial charge in [-0.15, -0.1) is 0 Å². The Balaban J connectivity index is 1.81. The lowest BCUT2D eigenvalue weighted by Gasteiger charge is -2.14. The predicted molar refractivity (Wildman–Crippen MR) is 77.5 cm³/mol. The first kappa shape index (κ1) is 12.8. The van der Waals surface area contributed by atoms with E-state index in [1.54, 1.807) is 0 Å². The lowest BCUT2D eigenvalue weighted by Crippen LogP contribution is -2.20. The zero-order valence-corrected chi connectivity index (χ0v) is 11.4. The number of nitrogens with one attached hydrogen (secondary N) is 1. The van der Waals surface area contributed by atoms with Crippen molar-refractivity contribution in [1.82, 2.24) is 5.32 Å². The van der Waals surface area contributed by atoms with Gasteiger partial charge in [-0.3, -0.25) is 0 Å². The molecule has 1 aromatic carbocycles. The summed E-state index contributed by atoms with van der Waals surface area (Å²) in [6.45, 7) is 1.13. The van der Waals surface area contributed by atoms with Crippen LogP contribution in [0.4, 0.5) is 5.69 Å². The molecule has 0 spiro atoms. The molecule has 0 bridgehead atoms. The van der Waals surface area contributed by atoms with Gasteiger partial charge in [0.2, 0.25) is 0 Å². The Kier molecular flexibility index (Phi) is 4.75. The molecule has 0 aromatic heterocycles. The Hall–Kier alpha value is -0.670. The van der Waals surface area contributed by atoms with Crippen LogP contribution in [0.5, 0.6) is 0 Å². The maximum atomic E-state index is 5.81. The summed E-state index contributed by atoms with van der Waals surface area (Å²) in [5, 5.41) is 3.67. The normalized spacial score (nSPS) is 18.3. The number of nitrogen functional groups attached to an aromatic ring is 1. The Morgan fingerprint density at radius 2 is 2.29 bits per heavy atom. The summed E-state index contributed by atoms with van der Waals surface area (Å²) in [5.41, 5.74) is 9.60. The van der Waals surface area contributed by atoms with Crippen molar-refractivity contribution in [2.24, 2.45) is 0 Å². The molecular weight excluding hydrogens is 228 g/mol. The van der Waals surface area contributed by atoms with Crippen LogP contribution >= 0.6 is 11.8 Å². The molecule has 2 rings (SSSR count). The van der Waals surface area contributed by atoms with Gasteiger partial charge in [-0.2, -0.15) is 11.8 Å². The third-order valence-electron chi connectivity index (χ3n) is 3.41. The van der Waals surface area contributed by atoms with Crippen LogP contribution in [0.3, 0.4) is 0 Å². The Bertz CT molecular complexity index is 365. The van der Waals surface area contributed by atoms with Gasteiger partial charge in [-0.05, 0) is 67.5 Å². The van der Waals surface area contributed by atoms with E-state index in [9.17, 15) is 0 Å². The number of aryl methyl sites for hydroxylation is 1. The predicted octanol–water partition coefficient (Wildman–Crippen LogP) is 2.99. The SMILES string of the molecule is CSCCCCNC1CCc2cc(N)ccc21. The summed E-state index contributed by atoms with van der Waals surface area (Å²) in [5.74, 6) is 1.28. The van der Waals surface area contributed by atoms with Crippen molar-refractivity contribution in [2.75, 3.05) is 24.3 Å². The van der Waals surface area contributed by atoms with E-state index < -0.39 is 0 Å². The molecule has 1 unspecified atom stereocenters. The molecule has 1 aromatic rings. The van der Waals surface area contributed by atoms with Crippen LogP contribution in [-0.4, -0.2) is 18.6 Å². The lowest BCUT2D eigenvalue weighted by molar-refractivity contribution is 0.518. The van der Waals surface area contributed by atoms with Crippen LogP contribution in [0.2, 0.25) is 0 Å². The van der Waals surface area contributed by atoms with E-state index >= 15 is 0 Å². The van der Waals surface area contributed by atoms with Crippen LogP contribution < -0.4 is 11.1 Å². The van der Waals surface area contributed by atoms with Gasteiger partial charge in [0.15, 0.2) is 0 Å². The Labute approximate surface area is 108 Å². The molecule has 17 heavy (non-hydrogen) atoms. The average molecular weight is 250 g/mol. The Morgan fingerprint density at radius 3 is 3.12 bits per heavy atom. The van der Waals surface area contributed by atoms with E-state index in [-0.39, 0.29) is 0 Å². The monoisotopic (exact) mass is 250 g/mol. The van der Waals surface area contributed by atoms with Gasteiger partial charge in [-0.25, -0.2) is 0 Å². The third kappa shape index (κ3) is 3.39. The summed E-state index contributed by atoms with van der Waals surface area (Å²) in [4.78, 5) is 0. The van der Waals surface area contributed by atoms with Crippen LogP contribution in [0.25, 0.3) is 0 Å². The highest BCUT2D eigenvalue weighted by Crippen LogP contribution is 2.32. The second-order valence-electron chi connectivity index (χ2n) is 4.70. The number of fused-ring (bicyclic) bond motifs is 1. The van der Waals surface area contributed by atoms with Gasteiger partial charge in [0, 0.05) is 11.7 Å². The molecule has 1 aliphatic carbocycles. The van der Waals surface area contributed by atoms with Gasteiger partial charge in [0.25, 0.3) is 0 Å². The van der Waals surface area contributed by atoms with Crippen molar-refractivity contribution in [2.45, 2.75) is 31.7 Å². The standard InChI is InChI=1S/C14H22N2S/c1-17-9-3-2-8-16-14-7-4-11-10-12(15)5-6-13(11)14/h5-6,10,14,16H,2-4,7-9,15H2,1H3. The maximum absolute atomic E-state index is 5.81. The third-order valence-corrected chi connectivity index (χ3v) is 4.11. The number of hydrogen-bond acceptors (Lipinski definition) is 3. The maximum Gasteiger partial charge on any atom is 0.0326 e. The molecule has 0 radical (unpaired) electrons. The minimum Gasteiger partial charge on any atom is -0.399 e. The van der Waals surface area contributed by atoms with E-state index in [4.69, 9.17) is 5.73 Å².